The summed E-state index contributed by atoms with van der Waals surface area (Å²) in [5.41, 5.74) is 5.26. The van der Waals surface area contributed by atoms with Crippen LogP contribution >= 0.6 is 23.7 Å². The van der Waals surface area contributed by atoms with Crippen LogP contribution in [0.25, 0.3) is 0 Å². The van der Waals surface area contributed by atoms with E-state index in [1.165, 1.54) is 0 Å². The third kappa shape index (κ3) is 3.55. The summed E-state index contributed by atoms with van der Waals surface area (Å²) in [6.07, 6.45) is -0.876. The number of rotatable bonds is 4. The molecule has 1 aromatic heterocycles. The Balaban J connectivity index is 0.00000208. The van der Waals surface area contributed by atoms with Crippen LogP contribution in [-0.4, -0.2) is 16.9 Å². The molecule has 0 spiro atoms. The number of carbonyl (C=O) groups is 1. The number of nitrogens with zero attached hydrogens (tertiary/aromatic N) is 1. The fraction of sp³-hybridized carbons (Fsp3) is 0.733. The molecule has 0 aromatic carbocycles. The highest BCUT2D eigenvalue weighted by atomic mass is 35.5. The summed E-state index contributed by atoms with van der Waals surface area (Å²) in [6.45, 7) is 1.82. The summed E-state index contributed by atoms with van der Waals surface area (Å²) in [7, 11) is 0. The number of hydrogen-bond acceptors (Lipinski definition) is 4. The van der Waals surface area contributed by atoms with Crippen LogP contribution in [0.1, 0.15) is 49.4 Å². The summed E-state index contributed by atoms with van der Waals surface area (Å²) >= 11 is 0.933. The molecule has 3 N–H and O–H groups in total. The third-order valence-corrected chi connectivity index (χ3v) is 6.08. The number of hydrogen-bond donors (Lipinski definition) is 2. The standard InChI is InChI=1S/C15H20F3N3OS.ClH/c1-2-9(14-21-10(6-23-14)15(16,17)18)20-13(22)11-7-3-4-8(5-7)12(11)19;/h6-9,11-12H,2-5,19H2,1H3,(H,20,22);1H. The lowest BCUT2D eigenvalue weighted by atomic mass is 9.84. The van der Waals surface area contributed by atoms with Crippen molar-refractivity contribution in [3.05, 3.63) is 16.1 Å². The van der Waals surface area contributed by atoms with Crippen molar-refractivity contribution in [1.82, 2.24) is 10.3 Å². The number of aromatic nitrogens is 1. The number of fused-ring (bicyclic) bond motifs is 2. The second-order valence-electron chi connectivity index (χ2n) is 6.47. The second-order valence-corrected chi connectivity index (χ2v) is 7.36. The molecule has 5 atom stereocenters. The van der Waals surface area contributed by atoms with E-state index >= 15 is 0 Å². The van der Waals surface area contributed by atoms with Crippen molar-refractivity contribution in [1.29, 1.82) is 0 Å². The SMILES string of the molecule is CCC(NC(=O)C1C2CCC(C2)C1N)c1nc(C(F)(F)F)cs1.Cl. The summed E-state index contributed by atoms with van der Waals surface area (Å²) in [5.74, 6) is 0.368. The molecule has 1 heterocycles. The van der Waals surface area contributed by atoms with Gasteiger partial charge < -0.3 is 11.1 Å². The molecule has 9 heteroatoms. The first-order valence-corrected chi connectivity index (χ1v) is 8.77. The Bertz CT molecular complexity index is 593. The molecule has 5 unspecified atom stereocenters. The van der Waals surface area contributed by atoms with Gasteiger partial charge in [0.05, 0.1) is 12.0 Å². The number of amides is 1. The zero-order valence-corrected chi connectivity index (χ0v) is 14.8. The summed E-state index contributed by atoms with van der Waals surface area (Å²) in [4.78, 5) is 16.2. The molecule has 2 saturated carbocycles. The highest BCUT2D eigenvalue weighted by molar-refractivity contribution is 7.09. The largest absolute Gasteiger partial charge is 0.434 e. The van der Waals surface area contributed by atoms with Crippen LogP contribution in [0.15, 0.2) is 5.38 Å². The van der Waals surface area contributed by atoms with Gasteiger partial charge in [0.1, 0.15) is 5.01 Å². The van der Waals surface area contributed by atoms with Gasteiger partial charge in [0, 0.05) is 11.4 Å². The van der Waals surface area contributed by atoms with Crippen LogP contribution in [0.4, 0.5) is 13.2 Å². The van der Waals surface area contributed by atoms with Crippen LogP contribution in [-0.2, 0) is 11.0 Å². The Labute approximate surface area is 148 Å². The van der Waals surface area contributed by atoms with E-state index in [1.807, 2.05) is 6.92 Å². The number of nitrogens with one attached hydrogen (secondary N) is 1. The van der Waals surface area contributed by atoms with Crippen LogP contribution in [0, 0.1) is 17.8 Å². The average molecular weight is 384 g/mol. The molecule has 24 heavy (non-hydrogen) atoms. The molecule has 136 valence electrons. The van der Waals surface area contributed by atoms with E-state index in [4.69, 9.17) is 5.73 Å². The lowest BCUT2D eigenvalue weighted by molar-refractivity contribution is -0.140. The van der Waals surface area contributed by atoms with E-state index in [-0.39, 0.29) is 30.3 Å². The van der Waals surface area contributed by atoms with Crippen molar-refractivity contribution in [2.24, 2.45) is 23.5 Å². The van der Waals surface area contributed by atoms with E-state index in [2.05, 4.69) is 10.3 Å². The minimum absolute atomic E-state index is 0. The van der Waals surface area contributed by atoms with Crippen molar-refractivity contribution in [3.8, 4) is 0 Å². The predicted octanol–water partition coefficient (Wildman–Crippen LogP) is 3.52. The maximum absolute atomic E-state index is 12.7. The first-order chi connectivity index (χ1) is 10.8. The van der Waals surface area contributed by atoms with E-state index in [1.54, 1.807) is 0 Å². The minimum atomic E-state index is -4.45. The molecule has 2 aliphatic rings. The lowest BCUT2D eigenvalue weighted by Gasteiger charge is -2.28. The van der Waals surface area contributed by atoms with Gasteiger partial charge in [-0.2, -0.15) is 13.2 Å². The molecule has 2 aliphatic carbocycles. The van der Waals surface area contributed by atoms with Gasteiger partial charge in [0.15, 0.2) is 5.69 Å². The molecule has 1 aromatic rings. The molecule has 0 radical (unpaired) electrons. The predicted molar refractivity (Wildman–Crippen MR) is 87.8 cm³/mol. The van der Waals surface area contributed by atoms with Gasteiger partial charge in [-0.05, 0) is 37.5 Å². The third-order valence-electron chi connectivity index (χ3n) is 5.12. The molecular formula is C15H21ClF3N3OS. The summed E-state index contributed by atoms with van der Waals surface area (Å²) < 4.78 is 38.0. The second kappa shape index (κ2) is 7.17. The van der Waals surface area contributed by atoms with Crippen molar-refractivity contribution >= 4 is 29.7 Å². The van der Waals surface area contributed by atoms with Gasteiger partial charge in [-0.3, -0.25) is 4.79 Å². The smallest absolute Gasteiger partial charge is 0.347 e. The Morgan fingerprint density at radius 2 is 2.12 bits per heavy atom. The van der Waals surface area contributed by atoms with Crippen LogP contribution in [0.5, 0.6) is 0 Å². The normalized spacial score (nSPS) is 30.0. The number of halogens is 4. The van der Waals surface area contributed by atoms with Gasteiger partial charge >= 0.3 is 6.18 Å². The topological polar surface area (TPSA) is 68.0 Å². The Morgan fingerprint density at radius 1 is 1.46 bits per heavy atom. The maximum Gasteiger partial charge on any atom is 0.434 e. The van der Waals surface area contributed by atoms with Crippen molar-refractivity contribution in [2.45, 2.75) is 50.9 Å². The number of thiazole rings is 1. The zero-order valence-electron chi connectivity index (χ0n) is 13.2. The molecule has 0 saturated heterocycles. The van der Waals surface area contributed by atoms with Gasteiger partial charge in [-0.25, -0.2) is 4.98 Å². The van der Waals surface area contributed by atoms with Gasteiger partial charge in [-0.1, -0.05) is 6.92 Å². The fourth-order valence-corrected chi connectivity index (χ4v) is 4.87. The van der Waals surface area contributed by atoms with Crippen molar-refractivity contribution in [3.63, 3.8) is 0 Å². The molecular weight excluding hydrogens is 363 g/mol. The van der Waals surface area contributed by atoms with Crippen LogP contribution in [0.3, 0.4) is 0 Å². The first-order valence-electron chi connectivity index (χ1n) is 7.89. The summed E-state index contributed by atoms with van der Waals surface area (Å²) in [5, 5.41) is 4.16. The molecule has 2 fully saturated rings. The van der Waals surface area contributed by atoms with Crippen LogP contribution in [0.2, 0.25) is 0 Å². The number of carbonyl (C=O) groups excluding carboxylic acids is 1. The van der Waals surface area contributed by atoms with Crippen molar-refractivity contribution < 1.29 is 18.0 Å². The first kappa shape index (κ1) is 19.5. The molecule has 1 amide bonds. The monoisotopic (exact) mass is 383 g/mol. The molecule has 3 rings (SSSR count). The molecule has 2 bridgehead atoms. The highest BCUT2D eigenvalue weighted by Gasteiger charge is 2.49. The highest BCUT2D eigenvalue weighted by Crippen LogP contribution is 2.47. The number of alkyl halides is 3. The zero-order chi connectivity index (χ0) is 16.8. The fourth-order valence-electron chi connectivity index (χ4n) is 3.91. The Hall–Kier alpha value is -0.860. The van der Waals surface area contributed by atoms with E-state index in [0.717, 1.165) is 36.0 Å². The van der Waals surface area contributed by atoms with Crippen molar-refractivity contribution in [2.75, 3.05) is 0 Å². The van der Waals surface area contributed by atoms with E-state index in [9.17, 15) is 18.0 Å². The minimum Gasteiger partial charge on any atom is -0.347 e. The van der Waals surface area contributed by atoms with Gasteiger partial charge in [0.2, 0.25) is 5.91 Å². The molecule has 4 nitrogen and oxygen atoms in total. The lowest BCUT2D eigenvalue weighted by Crippen LogP contribution is -2.46. The summed E-state index contributed by atoms with van der Waals surface area (Å²) in [6, 6.07) is -0.622. The Kier molecular flexibility index (Phi) is 5.82. The average Bonchev–Trinajstić information content (AvgIpc) is 3.18. The number of nitrogens with two attached hydrogens (primary N) is 1. The van der Waals surface area contributed by atoms with Gasteiger partial charge in [-0.15, -0.1) is 23.7 Å². The van der Waals surface area contributed by atoms with Gasteiger partial charge in [0.25, 0.3) is 0 Å². The Morgan fingerprint density at radius 3 is 2.62 bits per heavy atom. The molecule has 0 aliphatic heterocycles. The maximum atomic E-state index is 12.7. The van der Waals surface area contributed by atoms with Crippen LogP contribution < -0.4 is 11.1 Å². The van der Waals surface area contributed by atoms with E-state index in [0.29, 0.717) is 23.3 Å². The van der Waals surface area contributed by atoms with E-state index < -0.39 is 17.9 Å². The quantitative estimate of drug-likeness (QED) is 0.835.